The molecule has 2 atom stereocenters. The first kappa shape index (κ1) is 13.6. The summed E-state index contributed by atoms with van der Waals surface area (Å²) in [7, 11) is 0. The highest BCUT2D eigenvalue weighted by Crippen LogP contribution is 2.26. The molecule has 2 rings (SSSR count). The van der Waals surface area contributed by atoms with Crippen LogP contribution in [-0.2, 0) is 6.54 Å². The van der Waals surface area contributed by atoms with Crippen LogP contribution in [0.2, 0.25) is 0 Å². The molecule has 0 amide bonds. The molecule has 0 saturated carbocycles. The van der Waals surface area contributed by atoms with E-state index < -0.39 is 0 Å². The fourth-order valence-electron chi connectivity index (χ4n) is 2.67. The van der Waals surface area contributed by atoms with Gasteiger partial charge in [0.15, 0.2) is 0 Å². The topological polar surface area (TPSA) is 3.01 Å². The Labute approximate surface area is 112 Å². The van der Waals surface area contributed by atoms with Crippen LogP contribution >= 0.6 is 0 Å². The summed E-state index contributed by atoms with van der Waals surface area (Å²) < 4.78 is 0. The SMILES string of the molecule is CCCCCCCC[C@@H]1CN1Cc1ccccc1. The summed E-state index contributed by atoms with van der Waals surface area (Å²) in [6.07, 6.45) is 9.94. The van der Waals surface area contributed by atoms with Crippen LogP contribution < -0.4 is 0 Å². The van der Waals surface area contributed by atoms with Crippen molar-refractivity contribution in [2.45, 2.75) is 64.5 Å². The first-order valence-electron chi connectivity index (χ1n) is 7.68. The molecule has 1 heterocycles. The molecule has 1 nitrogen and oxygen atoms in total. The molecule has 1 aliphatic rings. The van der Waals surface area contributed by atoms with Crippen LogP contribution in [0.4, 0.5) is 0 Å². The van der Waals surface area contributed by atoms with Gasteiger partial charge >= 0.3 is 0 Å². The lowest BCUT2D eigenvalue weighted by atomic mass is 10.1. The zero-order valence-electron chi connectivity index (χ0n) is 11.8. The van der Waals surface area contributed by atoms with E-state index in [-0.39, 0.29) is 0 Å². The predicted molar refractivity (Wildman–Crippen MR) is 78.6 cm³/mol. The van der Waals surface area contributed by atoms with Crippen molar-refractivity contribution in [3.8, 4) is 0 Å². The summed E-state index contributed by atoms with van der Waals surface area (Å²) >= 11 is 0. The van der Waals surface area contributed by atoms with Gasteiger partial charge in [-0.15, -0.1) is 0 Å². The Kier molecular flexibility index (Phi) is 5.73. The van der Waals surface area contributed by atoms with Gasteiger partial charge in [0.2, 0.25) is 0 Å². The molecular weight excluding hydrogens is 218 g/mol. The van der Waals surface area contributed by atoms with Gasteiger partial charge in [0.1, 0.15) is 0 Å². The lowest BCUT2D eigenvalue weighted by molar-refractivity contribution is 0.471. The first-order chi connectivity index (χ1) is 8.90. The van der Waals surface area contributed by atoms with Crippen LogP contribution in [0.3, 0.4) is 0 Å². The molecule has 0 N–H and O–H groups in total. The van der Waals surface area contributed by atoms with E-state index in [9.17, 15) is 0 Å². The minimum atomic E-state index is 0.886. The van der Waals surface area contributed by atoms with Crippen molar-refractivity contribution in [2.24, 2.45) is 0 Å². The second kappa shape index (κ2) is 7.58. The maximum atomic E-state index is 2.60. The Morgan fingerprint density at radius 1 is 1.00 bits per heavy atom. The third-order valence-electron chi connectivity index (χ3n) is 3.95. The minimum absolute atomic E-state index is 0.886. The molecule has 100 valence electrons. The van der Waals surface area contributed by atoms with E-state index >= 15 is 0 Å². The van der Waals surface area contributed by atoms with E-state index in [1.165, 1.54) is 57.1 Å². The number of hydrogen-bond acceptors (Lipinski definition) is 1. The molecule has 1 fully saturated rings. The van der Waals surface area contributed by atoms with Crippen molar-refractivity contribution in [3.63, 3.8) is 0 Å². The quantitative estimate of drug-likeness (QED) is 0.453. The summed E-state index contributed by atoms with van der Waals surface area (Å²) in [6, 6.07) is 11.7. The smallest absolute Gasteiger partial charge is 0.0237 e. The molecule has 1 heteroatoms. The maximum Gasteiger partial charge on any atom is 0.0237 e. The van der Waals surface area contributed by atoms with Crippen molar-refractivity contribution in [3.05, 3.63) is 35.9 Å². The van der Waals surface area contributed by atoms with E-state index in [0.717, 1.165) is 12.6 Å². The van der Waals surface area contributed by atoms with Gasteiger partial charge in [0.05, 0.1) is 0 Å². The Bertz CT molecular complexity index is 320. The van der Waals surface area contributed by atoms with Crippen molar-refractivity contribution < 1.29 is 0 Å². The number of nitrogens with zero attached hydrogens (tertiary/aromatic N) is 1. The summed E-state index contributed by atoms with van der Waals surface area (Å²) in [4.78, 5) is 2.60. The van der Waals surface area contributed by atoms with Crippen LogP contribution in [0.15, 0.2) is 30.3 Å². The fraction of sp³-hybridized carbons (Fsp3) is 0.647. The molecule has 1 aliphatic heterocycles. The van der Waals surface area contributed by atoms with E-state index in [1.54, 1.807) is 0 Å². The van der Waals surface area contributed by atoms with Gasteiger partial charge < -0.3 is 0 Å². The molecule has 1 saturated heterocycles. The molecule has 18 heavy (non-hydrogen) atoms. The second-order valence-corrected chi connectivity index (χ2v) is 5.63. The number of benzene rings is 1. The van der Waals surface area contributed by atoms with Gasteiger partial charge in [0, 0.05) is 19.1 Å². The van der Waals surface area contributed by atoms with Gasteiger partial charge in [-0.05, 0) is 12.0 Å². The lowest BCUT2D eigenvalue weighted by Gasteiger charge is -2.04. The van der Waals surface area contributed by atoms with Crippen LogP contribution in [0.5, 0.6) is 0 Å². The highest BCUT2D eigenvalue weighted by molar-refractivity contribution is 5.15. The van der Waals surface area contributed by atoms with E-state index in [2.05, 4.69) is 42.2 Å². The van der Waals surface area contributed by atoms with Gasteiger partial charge in [0.25, 0.3) is 0 Å². The van der Waals surface area contributed by atoms with Crippen molar-refractivity contribution >= 4 is 0 Å². The van der Waals surface area contributed by atoms with Crippen LogP contribution in [-0.4, -0.2) is 17.5 Å². The fourth-order valence-corrected chi connectivity index (χ4v) is 2.67. The lowest BCUT2D eigenvalue weighted by Crippen LogP contribution is -2.02. The highest BCUT2D eigenvalue weighted by Gasteiger charge is 2.32. The Morgan fingerprint density at radius 2 is 1.72 bits per heavy atom. The molecule has 0 aromatic heterocycles. The zero-order valence-corrected chi connectivity index (χ0v) is 11.8. The maximum absolute atomic E-state index is 2.60. The zero-order chi connectivity index (χ0) is 12.6. The third kappa shape index (κ3) is 4.81. The Balaban J connectivity index is 1.50. The Morgan fingerprint density at radius 3 is 2.50 bits per heavy atom. The number of rotatable bonds is 9. The summed E-state index contributed by atoms with van der Waals surface area (Å²) in [5.74, 6) is 0. The van der Waals surface area contributed by atoms with E-state index in [4.69, 9.17) is 0 Å². The van der Waals surface area contributed by atoms with Crippen LogP contribution in [0.1, 0.15) is 57.4 Å². The second-order valence-electron chi connectivity index (χ2n) is 5.63. The van der Waals surface area contributed by atoms with Gasteiger partial charge in [-0.2, -0.15) is 0 Å². The molecule has 0 spiro atoms. The van der Waals surface area contributed by atoms with E-state index in [1.807, 2.05) is 0 Å². The van der Waals surface area contributed by atoms with Crippen LogP contribution in [0, 0.1) is 0 Å². The molecule has 0 aliphatic carbocycles. The van der Waals surface area contributed by atoms with Crippen LogP contribution in [0.25, 0.3) is 0 Å². The van der Waals surface area contributed by atoms with Gasteiger partial charge in [-0.25, -0.2) is 0 Å². The van der Waals surface area contributed by atoms with Crippen molar-refractivity contribution in [2.75, 3.05) is 6.54 Å². The first-order valence-corrected chi connectivity index (χ1v) is 7.68. The largest absolute Gasteiger partial charge is 0.293 e. The minimum Gasteiger partial charge on any atom is -0.293 e. The normalized spacial score (nSPS) is 22.1. The number of unbranched alkanes of at least 4 members (excludes halogenated alkanes) is 5. The standard InChI is InChI=1S/C17H27N/c1-2-3-4-5-6-10-13-17-15-18(17)14-16-11-8-7-9-12-16/h7-9,11-12,17H,2-6,10,13-15H2,1H3/t17-,18?/m1/s1. The Hall–Kier alpha value is -0.820. The monoisotopic (exact) mass is 245 g/mol. The highest BCUT2D eigenvalue weighted by atomic mass is 15.3. The molecule has 1 aromatic carbocycles. The van der Waals surface area contributed by atoms with Gasteiger partial charge in [-0.3, -0.25) is 4.90 Å². The third-order valence-corrected chi connectivity index (χ3v) is 3.95. The molecular formula is C17H27N. The summed E-state index contributed by atoms with van der Waals surface area (Å²) in [5.41, 5.74) is 1.46. The summed E-state index contributed by atoms with van der Waals surface area (Å²) in [6.45, 7) is 4.76. The molecule has 0 radical (unpaired) electrons. The molecule has 1 unspecified atom stereocenters. The predicted octanol–water partition coefficient (Wildman–Crippen LogP) is 4.62. The average molecular weight is 245 g/mol. The summed E-state index contributed by atoms with van der Waals surface area (Å²) in [5, 5.41) is 0. The molecule has 0 bridgehead atoms. The number of hydrogen-bond donors (Lipinski definition) is 0. The van der Waals surface area contributed by atoms with E-state index in [0.29, 0.717) is 0 Å². The average Bonchev–Trinajstić information content (AvgIpc) is 3.13. The van der Waals surface area contributed by atoms with Crippen molar-refractivity contribution in [1.82, 2.24) is 4.90 Å². The van der Waals surface area contributed by atoms with Gasteiger partial charge in [-0.1, -0.05) is 75.8 Å². The van der Waals surface area contributed by atoms with Crippen molar-refractivity contribution in [1.29, 1.82) is 0 Å². The molecule has 1 aromatic rings.